The van der Waals surface area contributed by atoms with Crippen LogP contribution in [0.1, 0.15) is 93.4 Å². The predicted molar refractivity (Wildman–Crippen MR) is 133 cm³/mol. The molecule has 0 amide bonds. The fourth-order valence-electron chi connectivity index (χ4n) is 10.8. The number of aliphatic hydroxyl groups is 2. The van der Waals surface area contributed by atoms with E-state index in [0.29, 0.717) is 30.8 Å². The SMILES string of the molecule is CC(=CC(=O)C1OC1(C)C)C1CCC2(C)C1CC(O)C1C34CCC(O)(OC3)C(C)(C)C4CCC12C. The van der Waals surface area contributed by atoms with Crippen LogP contribution in [-0.4, -0.2) is 46.2 Å². The van der Waals surface area contributed by atoms with Gasteiger partial charge in [-0.2, -0.15) is 0 Å². The number of hydrogen-bond acceptors (Lipinski definition) is 5. The Bertz CT molecular complexity index is 971. The van der Waals surface area contributed by atoms with Gasteiger partial charge in [-0.3, -0.25) is 4.79 Å². The van der Waals surface area contributed by atoms with Crippen LogP contribution in [0.25, 0.3) is 0 Å². The van der Waals surface area contributed by atoms with Crippen molar-refractivity contribution in [1.29, 1.82) is 0 Å². The smallest absolute Gasteiger partial charge is 0.187 e. The van der Waals surface area contributed by atoms with Crippen molar-refractivity contribution in [3.8, 4) is 0 Å². The number of carbonyl (C=O) groups excluding carboxylic acids is 1. The van der Waals surface area contributed by atoms with E-state index < -0.39 is 5.79 Å². The number of carbonyl (C=O) groups is 1. The molecule has 7 fully saturated rings. The molecule has 10 unspecified atom stereocenters. The minimum absolute atomic E-state index is 0.0126. The topological polar surface area (TPSA) is 79.3 Å². The number of allylic oxidation sites excluding steroid dienone is 1. The van der Waals surface area contributed by atoms with Crippen LogP contribution in [0.5, 0.6) is 0 Å². The Labute approximate surface area is 211 Å². The van der Waals surface area contributed by atoms with E-state index in [1.807, 2.05) is 19.9 Å². The van der Waals surface area contributed by atoms with Gasteiger partial charge in [0.15, 0.2) is 11.6 Å². The zero-order chi connectivity index (χ0) is 25.4. The molecule has 35 heavy (non-hydrogen) atoms. The maximum absolute atomic E-state index is 12.8. The summed E-state index contributed by atoms with van der Waals surface area (Å²) in [5, 5.41) is 23.3. The average Bonchev–Trinajstić information content (AvgIpc) is 3.27. The van der Waals surface area contributed by atoms with Crippen molar-refractivity contribution in [1.82, 2.24) is 0 Å². The molecule has 0 aromatic carbocycles. The highest BCUT2D eigenvalue weighted by Crippen LogP contribution is 2.77. The molecule has 4 aliphatic carbocycles. The summed E-state index contributed by atoms with van der Waals surface area (Å²) in [5.74, 6) is 0.327. The van der Waals surface area contributed by atoms with Crippen molar-refractivity contribution >= 4 is 5.78 Å². The molecule has 5 heteroatoms. The third kappa shape index (κ3) is 2.88. The Morgan fingerprint density at radius 2 is 1.63 bits per heavy atom. The highest BCUT2D eigenvalue weighted by Gasteiger charge is 2.76. The number of fused-ring (bicyclic) bond motifs is 5. The molecule has 2 bridgehead atoms. The van der Waals surface area contributed by atoms with Crippen LogP contribution >= 0.6 is 0 Å². The van der Waals surface area contributed by atoms with Crippen LogP contribution in [-0.2, 0) is 14.3 Å². The quantitative estimate of drug-likeness (QED) is 0.432. The molecule has 4 saturated carbocycles. The molecular formula is C30H46O5. The summed E-state index contributed by atoms with van der Waals surface area (Å²) < 4.78 is 11.9. The first-order chi connectivity index (χ1) is 16.1. The van der Waals surface area contributed by atoms with Crippen LogP contribution in [0.2, 0.25) is 0 Å². The largest absolute Gasteiger partial charge is 0.393 e. The van der Waals surface area contributed by atoms with Crippen LogP contribution in [0, 0.1) is 45.3 Å². The second kappa shape index (κ2) is 7.01. The first-order valence-electron chi connectivity index (χ1n) is 14.1. The lowest BCUT2D eigenvalue weighted by Crippen LogP contribution is -2.75. The first-order valence-corrected chi connectivity index (χ1v) is 14.1. The molecule has 0 aromatic rings. The van der Waals surface area contributed by atoms with E-state index >= 15 is 0 Å². The lowest BCUT2D eigenvalue weighted by atomic mass is 9.33. The minimum Gasteiger partial charge on any atom is -0.393 e. The van der Waals surface area contributed by atoms with E-state index in [-0.39, 0.29) is 51.2 Å². The third-order valence-corrected chi connectivity index (χ3v) is 13.0. The number of aliphatic hydroxyl groups excluding tert-OH is 1. The van der Waals surface area contributed by atoms with Gasteiger partial charge in [0.2, 0.25) is 0 Å². The van der Waals surface area contributed by atoms with Crippen molar-refractivity contribution in [2.45, 2.75) is 117 Å². The number of ether oxygens (including phenoxy) is 2. The van der Waals surface area contributed by atoms with Gasteiger partial charge >= 0.3 is 0 Å². The number of ketones is 1. The third-order valence-electron chi connectivity index (χ3n) is 13.0. The van der Waals surface area contributed by atoms with Gasteiger partial charge in [0.25, 0.3) is 0 Å². The second-order valence-electron chi connectivity index (χ2n) is 14.9. The molecular weight excluding hydrogens is 440 g/mol. The molecule has 3 aliphatic heterocycles. The van der Waals surface area contributed by atoms with Crippen molar-refractivity contribution < 1.29 is 24.5 Å². The summed E-state index contributed by atoms with van der Waals surface area (Å²) >= 11 is 0. The van der Waals surface area contributed by atoms with Gasteiger partial charge in [0, 0.05) is 17.3 Å². The Kier molecular flexibility index (Phi) is 4.92. The summed E-state index contributed by atoms with van der Waals surface area (Å²) in [6.07, 6.45) is 7.99. The Hall–Kier alpha value is -0.750. The number of hydrogen-bond donors (Lipinski definition) is 2. The maximum atomic E-state index is 12.8. The molecule has 0 radical (unpaired) electrons. The summed E-state index contributed by atoms with van der Waals surface area (Å²) in [6.45, 7) is 16.0. The monoisotopic (exact) mass is 486 g/mol. The molecule has 0 aromatic heterocycles. The molecule has 7 aliphatic rings. The molecule has 7 rings (SSSR count). The average molecular weight is 487 g/mol. The Balaban J connectivity index is 1.33. The van der Waals surface area contributed by atoms with Crippen molar-refractivity contribution in [3.05, 3.63) is 11.6 Å². The molecule has 1 spiro atoms. The number of rotatable bonds is 3. The predicted octanol–water partition coefficient (Wildman–Crippen LogP) is 5.03. The second-order valence-corrected chi connectivity index (χ2v) is 14.9. The molecule has 10 atom stereocenters. The van der Waals surface area contributed by atoms with Crippen LogP contribution in [0.3, 0.4) is 0 Å². The summed E-state index contributed by atoms with van der Waals surface area (Å²) in [4.78, 5) is 12.8. The van der Waals surface area contributed by atoms with Crippen molar-refractivity contribution in [2.24, 2.45) is 45.3 Å². The molecule has 5 nitrogen and oxygen atoms in total. The van der Waals surface area contributed by atoms with Gasteiger partial charge in [0.05, 0.1) is 18.3 Å². The maximum Gasteiger partial charge on any atom is 0.187 e. The van der Waals surface area contributed by atoms with Crippen LogP contribution < -0.4 is 0 Å². The molecule has 2 N–H and O–H groups in total. The molecule has 196 valence electrons. The number of epoxide rings is 1. The van der Waals surface area contributed by atoms with E-state index in [0.717, 1.165) is 38.5 Å². The van der Waals surface area contributed by atoms with Crippen LogP contribution in [0.15, 0.2) is 11.6 Å². The fraction of sp³-hybridized carbons (Fsp3) is 0.900. The Morgan fingerprint density at radius 1 is 0.971 bits per heavy atom. The van der Waals surface area contributed by atoms with E-state index in [1.165, 1.54) is 5.57 Å². The molecule has 3 saturated heterocycles. The normalized spacial score (nSPS) is 55.6. The zero-order valence-electron chi connectivity index (χ0n) is 22.8. The summed E-state index contributed by atoms with van der Waals surface area (Å²) in [7, 11) is 0. The van der Waals surface area contributed by atoms with Crippen molar-refractivity contribution in [2.75, 3.05) is 6.61 Å². The van der Waals surface area contributed by atoms with Crippen LogP contribution in [0.4, 0.5) is 0 Å². The highest BCUT2D eigenvalue weighted by molar-refractivity contribution is 5.96. The van der Waals surface area contributed by atoms with Gasteiger partial charge in [-0.05, 0) is 99.9 Å². The standard InChI is InChI=1S/C30H46O5/c1-17(14-21(32)24-26(4,5)35-24)18-8-10-27(6)19(18)15-20(31)23-28(27,7)11-9-22-25(2,3)30(33)13-12-29(22,23)16-34-30/h14,18-20,22-24,31,33H,8-13,15-16H2,1-7H3. The molecule has 3 heterocycles. The van der Waals surface area contributed by atoms with Crippen molar-refractivity contribution in [3.63, 3.8) is 0 Å². The van der Waals surface area contributed by atoms with E-state index in [9.17, 15) is 15.0 Å². The lowest BCUT2D eigenvalue weighted by Gasteiger charge is -2.74. The minimum atomic E-state index is -1.04. The fourth-order valence-corrected chi connectivity index (χ4v) is 10.8. The zero-order valence-corrected chi connectivity index (χ0v) is 22.8. The van der Waals surface area contributed by atoms with Gasteiger partial charge in [-0.25, -0.2) is 0 Å². The Morgan fingerprint density at radius 3 is 2.23 bits per heavy atom. The first kappa shape index (κ1) is 24.6. The van der Waals surface area contributed by atoms with Gasteiger partial charge in [-0.15, -0.1) is 0 Å². The van der Waals surface area contributed by atoms with Gasteiger partial charge in [-0.1, -0.05) is 33.3 Å². The lowest BCUT2D eigenvalue weighted by molar-refractivity contribution is -0.404. The van der Waals surface area contributed by atoms with E-state index in [4.69, 9.17) is 9.47 Å². The highest BCUT2D eigenvalue weighted by atomic mass is 16.6. The van der Waals surface area contributed by atoms with E-state index in [1.54, 1.807) is 0 Å². The summed E-state index contributed by atoms with van der Waals surface area (Å²) in [5.41, 5.74) is 0.588. The van der Waals surface area contributed by atoms with Gasteiger partial charge < -0.3 is 19.7 Å². The summed E-state index contributed by atoms with van der Waals surface area (Å²) in [6, 6.07) is 0. The van der Waals surface area contributed by atoms with Gasteiger partial charge in [0.1, 0.15) is 6.10 Å². The van der Waals surface area contributed by atoms with E-state index in [2.05, 4.69) is 34.6 Å².